The van der Waals surface area contributed by atoms with E-state index in [4.69, 9.17) is 4.74 Å². The maximum absolute atomic E-state index is 11.6. The topological polar surface area (TPSA) is 39.2 Å². The van der Waals surface area contributed by atoms with Gasteiger partial charge in [0, 0.05) is 25.3 Å². The van der Waals surface area contributed by atoms with Crippen molar-refractivity contribution >= 4 is 5.78 Å². The summed E-state index contributed by atoms with van der Waals surface area (Å²) in [6.07, 6.45) is 1.28. The molecule has 0 aliphatic heterocycles. The number of aryl methyl sites for hydroxylation is 1. The molecule has 0 aliphatic carbocycles. The normalized spacial score (nSPS) is 10.3. The van der Waals surface area contributed by atoms with Crippen LogP contribution in [0.2, 0.25) is 0 Å². The van der Waals surface area contributed by atoms with Crippen LogP contribution in [0.25, 0.3) is 0 Å². The minimum absolute atomic E-state index is 0.0957. The minimum Gasteiger partial charge on any atom is -0.382 e. The van der Waals surface area contributed by atoms with Gasteiger partial charge < -0.3 is 4.74 Å². The molecule has 0 atom stereocenters. The molecular weight excluding hydrogens is 190 g/mol. The average molecular weight is 207 g/mol. The van der Waals surface area contributed by atoms with E-state index in [-0.39, 0.29) is 5.78 Å². The summed E-state index contributed by atoms with van der Waals surface area (Å²) in [5.41, 5.74) is 1.44. The second kappa shape index (κ2) is 6.30. The number of ether oxygens (including phenoxy) is 1. The van der Waals surface area contributed by atoms with Gasteiger partial charge in [-0.25, -0.2) is 0 Å². The molecule has 1 heterocycles. The van der Waals surface area contributed by atoms with Gasteiger partial charge in [0.25, 0.3) is 0 Å². The van der Waals surface area contributed by atoms with Crippen molar-refractivity contribution in [2.75, 3.05) is 13.2 Å². The van der Waals surface area contributed by atoms with Crippen LogP contribution in [-0.4, -0.2) is 24.0 Å². The lowest BCUT2D eigenvalue weighted by Gasteiger charge is -2.01. The third-order valence-corrected chi connectivity index (χ3v) is 2.07. The number of hydrogen-bond donors (Lipinski definition) is 0. The molecule has 0 spiro atoms. The first-order valence-electron chi connectivity index (χ1n) is 5.28. The van der Waals surface area contributed by atoms with Gasteiger partial charge in [0.15, 0.2) is 5.78 Å². The molecule has 0 saturated heterocycles. The van der Waals surface area contributed by atoms with Crippen LogP contribution in [0.4, 0.5) is 0 Å². The van der Waals surface area contributed by atoms with Crippen molar-refractivity contribution in [1.82, 2.24) is 4.98 Å². The molecule has 1 aromatic rings. The van der Waals surface area contributed by atoms with E-state index in [2.05, 4.69) is 4.98 Å². The summed E-state index contributed by atoms with van der Waals surface area (Å²) in [4.78, 5) is 15.8. The van der Waals surface area contributed by atoms with E-state index >= 15 is 0 Å². The molecule has 1 rings (SSSR count). The first-order valence-corrected chi connectivity index (χ1v) is 5.28. The Labute approximate surface area is 90.5 Å². The summed E-state index contributed by atoms with van der Waals surface area (Å²) in [5, 5.41) is 0. The molecule has 0 bridgehead atoms. The molecule has 3 heteroatoms. The fraction of sp³-hybridized carbons (Fsp3) is 0.500. The average Bonchev–Trinajstić information content (AvgIpc) is 2.24. The number of aromatic nitrogens is 1. The molecule has 15 heavy (non-hydrogen) atoms. The zero-order chi connectivity index (χ0) is 11.1. The van der Waals surface area contributed by atoms with E-state index in [9.17, 15) is 4.79 Å². The van der Waals surface area contributed by atoms with Crippen LogP contribution < -0.4 is 0 Å². The highest BCUT2D eigenvalue weighted by molar-refractivity contribution is 5.94. The van der Waals surface area contributed by atoms with Crippen LogP contribution in [0.3, 0.4) is 0 Å². The molecule has 0 radical (unpaired) electrons. The Morgan fingerprint density at radius 1 is 1.47 bits per heavy atom. The first-order chi connectivity index (χ1) is 7.24. The standard InChI is InChI=1S/C12H17NO2/c1-3-15-9-5-8-12(14)11-7-4-6-10(2)13-11/h4,6-7H,3,5,8-9H2,1-2H3. The fourth-order valence-electron chi connectivity index (χ4n) is 1.31. The molecule has 82 valence electrons. The SMILES string of the molecule is CCOCCCC(=O)c1cccc(C)n1. The second-order valence-corrected chi connectivity index (χ2v) is 3.39. The monoisotopic (exact) mass is 207 g/mol. The van der Waals surface area contributed by atoms with Crippen molar-refractivity contribution in [2.45, 2.75) is 26.7 Å². The Hall–Kier alpha value is -1.22. The maximum Gasteiger partial charge on any atom is 0.181 e. The molecule has 1 aromatic heterocycles. The number of carbonyl (C=O) groups is 1. The van der Waals surface area contributed by atoms with Crippen LogP contribution in [-0.2, 0) is 4.74 Å². The minimum atomic E-state index is 0.0957. The van der Waals surface area contributed by atoms with Crippen molar-refractivity contribution in [3.05, 3.63) is 29.6 Å². The van der Waals surface area contributed by atoms with Crippen LogP contribution in [0.5, 0.6) is 0 Å². The predicted octanol–water partition coefficient (Wildman–Crippen LogP) is 2.39. The van der Waals surface area contributed by atoms with E-state index < -0.39 is 0 Å². The van der Waals surface area contributed by atoms with Crippen molar-refractivity contribution in [3.8, 4) is 0 Å². The summed E-state index contributed by atoms with van der Waals surface area (Å²) < 4.78 is 5.17. The van der Waals surface area contributed by atoms with Gasteiger partial charge in [-0.3, -0.25) is 9.78 Å². The van der Waals surface area contributed by atoms with Crippen molar-refractivity contribution in [1.29, 1.82) is 0 Å². The number of carbonyl (C=O) groups excluding carboxylic acids is 1. The Kier molecular flexibility index (Phi) is 4.98. The predicted molar refractivity (Wildman–Crippen MR) is 59.0 cm³/mol. The highest BCUT2D eigenvalue weighted by atomic mass is 16.5. The molecule has 0 aliphatic rings. The first kappa shape index (κ1) is 11.9. The third kappa shape index (κ3) is 4.21. The Morgan fingerprint density at radius 2 is 2.27 bits per heavy atom. The third-order valence-electron chi connectivity index (χ3n) is 2.07. The summed E-state index contributed by atoms with van der Waals surface area (Å²) in [6, 6.07) is 5.51. The van der Waals surface area contributed by atoms with E-state index in [1.54, 1.807) is 6.07 Å². The maximum atomic E-state index is 11.6. The largest absolute Gasteiger partial charge is 0.382 e. The number of rotatable bonds is 6. The van der Waals surface area contributed by atoms with E-state index in [0.29, 0.717) is 25.3 Å². The summed E-state index contributed by atoms with van der Waals surface area (Å²) in [5.74, 6) is 0.0957. The van der Waals surface area contributed by atoms with E-state index in [0.717, 1.165) is 12.1 Å². The van der Waals surface area contributed by atoms with Crippen LogP contribution in [0.1, 0.15) is 35.9 Å². The summed E-state index contributed by atoms with van der Waals surface area (Å²) in [7, 11) is 0. The highest BCUT2D eigenvalue weighted by Gasteiger charge is 2.06. The van der Waals surface area contributed by atoms with Gasteiger partial charge in [-0.2, -0.15) is 0 Å². The number of nitrogens with zero attached hydrogens (tertiary/aromatic N) is 1. The van der Waals surface area contributed by atoms with Crippen molar-refractivity contribution < 1.29 is 9.53 Å². The molecule has 0 fully saturated rings. The Bertz CT molecular complexity index is 323. The molecule has 3 nitrogen and oxygen atoms in total. The molecule has 0 saturated carbocycles. The van der Waals surface area contributed by atoms with Gasteiger partial charge in [-0.1, -0.05) is 6.07 Å². The van der Waals surface area contributed by atoms with E-state index in [1.165, 1.54) is 0 Å². The Balaban J connectivity index is 2.40. The smallest absolute Gasteiger partial charge is 0.181 e. The zero-order valence-electron chi connectivity index (χ0n) is 9.32. The lowest BCUT2D eigenvalue weighted by molar-refractivity contribution is 0.0942. The van der Waals surface area contributed by atoms with Crippen LogP contribution >= 0.6 is 0 Å². The quantitative estimate of drug-likeness (QED) is 0.531. The number of hydrogen-bond acceptors (Lipinski definition) is 3. The Morgan fingerprint density at radius 3 is 2.93 bits per heavy atom. The van der Waals surface area contributed by atoms with Crippen LogP contribution in [0, 0.1) is 6.92 Å². The molecule has 0 unspecified atom stereocenters. The number of pyridine rings is 1. The van der Waals surface area contributed by atoms with E-state index in [1.807, 2.05) is 26.0 Å². The molecular formula is C12H17NO2. The van der Waals surface area contributed by atoms with Crippen LogP contribution in [0.15, 0.2) is 18.2 Å². The molecule has 0 N–H and O–H groups in total. The summed E-state index contributed by atoms with van der Waals surface area (Å²) >= 11 is 0. The number of Topliss-reactive ketones (excluding diaryl/α,β-unsaturated/α-hetero) is 1. The lowest BCUT2D eigenvalue weighted by atomic mass is 10.1. The van der Waals surface area contributed by atoms with Gasteiger partial charge in [0.1, 0.15) is 5.69 Å². The van der Waals surface area contributed by atoms with Gasteiger partial charge in [-0.15, -0.1) is 0 Å². The zero-order valence-corrected chi connectivity index (χ0v) is 9.32. The molecule has 0 aromatic carbocycles. The fourth-order valence-corrected chi connectivity index (χ4v) is 1.31. The van der Waals surface area contributed by atoms with Gasteiger partial charge >= 0.3 is 0 Å². The number of ketones is 1. The second-order valence-electron chi connectivity index (χ2n) is 3.39. The van der Waals surface area contributed by atoms with Gasteiger partial charge in [-0.05, 0) is 32.4 Å². The lowest BCUT2D eigenvalue weighted by Crippen LogP contribution is -2.05. The van der Waals surface area contributed by atoms with Crippen molar-refractivity contribution in [3.63, 3.8) is 0 Å². The van der Waals surface area contributed by atoms with Gasteiger partial charge in [0.05, 0.1) is 0 Å². The van der Waals surface area contributed by atoms with Gasteiger partial charge in [0.2, 0.25) is 0 Å². The van der Waals surface area contributed by atoms with Crippen molar-refractivity contribution in [2.24, 2.45) is 0 Å². The summed E-state index contributed by atoms with van der Waals surface area (Å²) in [6.45, 7) is 5.19. The highest BCUT2D eigenvalue weighted by Crippen LogP contribution is 2.04. The molecule has 0 amide bonds.